The van der Waals surface area contributed by atoms with E-state index in [4.69, 9.17) is 15.2 Å². The Balaban J connectivity index is 2.12. The molecule has 1 fully saturated rings. The lowest BCUT2D eigenvalue weighted by Crippen LogP contribution is -2.27. The van der Waals surface area contributed by atoms with Crippen LogP contribution in [-0.4, -0.2) is 19.8 Å². The van der Waals surface area contributed by atoms with Gasteiger partial charge in [-0.15, -0.1) is 0 Å². The maximum atomic E-state index is 6.05. The maximum Gasteiger partial charge on any atom is 0.161 e. The average Bonchev–Trinajstić information content (AvgIpc) is 2.78. The minimum Gasteiger partial charge on any atom is -0.493 e. The summed E-state index contributed by atoms with van der Waals surface area (Å²) >= 11 is 0. The topological polar surface area (TPSA) is 44.5 Å². The molecule has 2 unspecified atom stereocenters. The van der Waals surface area contributed by atoms with Gasteiger partial charge in [0, 0.05) is 5.92 Å². The lowest BCUT2D eigenvalue weighted by atomic mass is 10.1. The highest BCUT2D eigenvalue weighted by molar-refractivity contribution is 5.42. The van der Waals surface area contributed by atoms with Crippen molar-refractivity contribution in [3.8, 4) is 11.5 Å². The summed E-state index contributed by atoms with van der Waals surface area (Å²) in [6, 6.07) is 6.03. The molecule has 3 heteroatoms. The Bertz CT molecular complexity index is 378. The first kappa shape index (κ1) is 12.2. The summed E-state index contributed by atoms with van der Waals surface area (Å²) in [6.45, 7) is 2.75. The number of hydrogen-bond donors (Lipinski definition) is 1. The Labute approximate surface area is 103 Å². The van der Waals surface area contributed by atoms with Crippen molar-refractivity contribution in [2.75, 3.05) is 13.7 Å². The predicted molar refractivity (Wildman–Crippen MR) is 68.5 cm³/mol. The number of nitrogens with two attached hydrogens (primary N) is 1. The molecule has 17 heavy (non-hydrogen) atoms. The molecule has 1 aliphatic rings. The van der Waals surface area contributed by atoms with Crippen LogP contribution in [0.4, 0.5) is 0 Å². The molecule has 2 atom stereocenters. The first-order valence-electron chi connectivity index (χ1n) is 6.26. The standard InChI is InChI=1S/C14H21NO2/c1-10-6-7-13(14(8-10)16-2)17-12-5-3-4-11(12)9-15/h6-8,11-12H,3-5,9,15H2,1-2H3. The highest BCUT2D eigenvalue weighted by atomic mass is 16.5. The van der Waals surface area contributed by atoms with Crippen LogP contribution in [0, 0.1) is 12.8 Å². The number of methoxy groups -OCH3 is 1. The molecule has 0 aliphatic heterocycles. The third-order valence-corrected chi connectivity index (χ3v) is 3.49. The SMILES string of the molecule is COc1cc(C)ccc1OC1CCCC1CN. The normalized spacial score (nSPS) is 23.7. The van der Waals surface area contributed by atoms with E-state index in [2.05, 4.69) is 0 Å². The Morgan fingerprint density at radius 2 is 2.12 bits per heavy atom. The fourth-order valence-corrected chi connectivity index (χ4v) is 2.46. The monoisotopic (exact) mass is 235 g/mol. The van der Waals surface area contributed by atoms with Crippen molar-refractivity contribution in [3.63, 3.8) is 0 Å². The molecule has 0 radical (unpaired) electrons. The third kappa shape index (κ3) is 2.72. The van der Waals surface area contributed by atoms with Crippen molar-refractivity contribution in [2.45, 2.75) is 32.3 Å². The van der Waals surface area contributed by atoms with Crippen LogP contribution < -0.4 is 15.2 Å². The predicted octanol–water partition coefficient (Wildman–Crippen LogP) is 2.51. The fraction of sp³-hybridized carbons (Fsp3) is 0.571. The lowest BCUT2D eigenvalue weighted by molar-refractivity contribution is 0.156. The van der Waals surface area contributed by atoms with Gasteiger partial charge >= 0.3 is 0 Å². The second-order valence-corrected chi connectivity index (χ2v) is 4.74. The summed E-state index contributed by atoms with van der Waals surface area (Å²) in [7, 11) is 1.68. The number of rotatable bonds is 4. The van der Waals surface area contributed by atoms with Gasteiger partial charge in [0.1, 0.15) is 6.10 Å². The van der Waals surface area contributed by atoms with Crippen LogP contribution in [0.3, 0.4) is 0 Å². The summed E-state index contributed by atoms with van der Waals surface area (Å²) in [5.74, 6) is 2.14. The number of hydrogen-bond acceptors (Lipinski definition) is 3. The van der Waals surface area contributed by atoms with Gasteiger partial charge in [0.05, 0.1) is 7.11 Å². The Morgan fingerprint density at radius 3 is 2.82 bits per heavy atom. The zero-order chi connectivity index (χ0) is 12.3. The van der Waals surface area contributed by atoms with Crippen LogP contribution in [-0.2, 0) is 0 Å². The zero-order valence-electron chi connectivity index (χ0n) is 10.6. The second kappa shape index (κ2) is 5.41. The molecule has 94 valence electrons. The molecular formula is C14H21NO2. The van der Waals surface area contributed by atoms with Gasteiger partial charge in [-0.05, 0) is 50.4 Å². The first-order valence-corrected chi connectivity index (χ1v) is 6.26. The molecule has 3 nitrogen and oxygen atoms in total. The van der Waals surface area contributed by atoms with Gasteiger partial charge in [0.15, 0.2) is 11.5 Å². The smallest absolute Gasteiger partial charge is 0.161 e. The van der Waals surface area contributed by atoms with E-state index in [-0.39, 0.29) is 6.10 Å². The number of benzene rings is 1. The molecular weight excluding hydrogens is 214 g/mol. The molecule has 0 amide bonds. The van der Waals surface area contributed by atoms with E-state index >= 15 is 0 Å². The van der Waals surface area contributed by atoms with E-state index in [1.165, 1.54) is 18.4 Å². The molecule has 1 aliphatic carbocycles. The van der Waals surface area contributed by atoms with Crippen molar-refractivity contribution in [2.24, 2.45) is 11.7 Å². The van der Waals surface area contributed by atoms with Crippen LogP contribution >= 0.6 is 0 Å². The van der Waals surface area contributed by atoms with Crippen LogP contribution in [0.5, 0.6) is 11.5 Å². The molecule has 0 heterocycles. The van der Waals surface area contributed by atoms with Gasteiger partial charge < -0.3 is 15.2 Å². The number of aryl methyl sites for hydroxylation is 1. The lowest BCUT2D eigenvalue weighted by Gasteiger charge is -2.21. The summed E-state index contributed by atoms with van der Waals surface area (Å²) in [6.07, 6.45) is 3.73. The van der Waals surface area contributed by atoms with Gasteiger partial charge in [0.2, 0.25) is 0 Å². The van der Waals surface area contributed by atoms with Crippen LogP contribution in [0.15, 0.2) is 18.2 Å². The molecule has 0 bridgehead atoms. The second-order valence-electron chi connectivity index (χ2n) is 4.74. The quantitative estimate of drug-likeness (QED) is 0.872. The molecule has 0 saturated heterocycles. The molecule has 0 aromatic heterocycles. The van der Waals surface area contributed by atoms with Gasteiger partial charge in [-0.3, -0.25) is 0 Å². The molecule has 1 aromatic carbocycles. The minimum atomic E-state index is 0.247. The summed E-state index contributed by atoms with van der Waals surface area (Å²) in [5, 5.41) is 0. The summed E-state index contributed by atoms with van der Waals surface area (Å²) in [4.78, 5) is 0. The Hall–Kier alpha value is -1.22. The zero-order valence-corrected chi connectivity index (χ0v) is 10.6. The highest BCUT2D eigenvalue weighted by Crippen LogP contribution is 2.34. The van der Waals surface area contributed by atoms with Gasteiger partial charge in [0.25, 0.3) is 0 Å². The minimum absolute atomic E-state index is 0.247. The fourth-order valence-electron chi connectivity index (χ4n) is 2.46. The van der Waals surface area contributed by atoms with Crippen LogP contribution in [0.2, 0.25) is 0 Å². The van der Waals surface area contributed by atoms with Crippen molar-refractivity contribution >= 4 is 0 Å². The van der Waals surface area contributed by atoms with Gasteiger partial charge in [-0.1, -0.05) is 6.07 Å². The summed E-state index contributed by atoms with van der Waals surface area (Å²) in [5.41, 5.74) is 6.94. The highest BCUT2D eigenvalue weighted by Gasteiger charge is 2.28. The van der Waals surface area contributed by atoms with Crippen molar-refractivity contribution in [1.82, 2.24) is 0 Å². The Morgan fingerprint density at radius 1 is 1.29 bits per heavy atom. The van der Waals surface area contributed by atoms with E-state index in [0.717, 1.165) is 17.9 Å². The van der Waals surface area contributed by atoms with Crippen molar-refractivity contribution in [3.05, 3.63) is 23.8 Å². The van der Waals surface area contributed by atoms with E-state index in [1.807, 2.05) is 25.1 Å². The molecule has 0 spiro atoms. The molecule has 2 N–H and O–H groups in total. The van der Waals surface area contributed by atoms with Crippen molar-refractivity contribution in [1.29, 1.82) is 0 Å². The van der Waals surface area contributed by atoms with E-state index in [9.17, 15) is 0 Å². The van der Waals surface area contributed by atoms with Gasteiger partial charge in [-0.2, -0.15) is 0 Å². The largest absolute Gasteiger partial charge is 0.493 e. The third-order valence-electron chi connectivity index (χ3n) is 3.49. The first-order chi connectivity index (χ1) is 8.24. The van der Waals surface area contributed by atoms with Crippen LogP contribution in [0.25, 0.3) is 0 Å². The van der Waals surface area contributed by atoms with Crippen LogP contribution in [0.1, 0.15) is 24.8 Å². The summed E-state index contributed by atoms with van der Waals surface area (Å²) < 4.78 is 11.4. The number of ether oxygens (including phenoxy) is 2. The average molecular weight is 235 g/mol. The van der Waals surface area contributed by atoms with E-state index < -0.39 is 0 Å². The van der Waals surface area contributed by atoms with E-state index in [1.54, 1.807) is 7.11 Å². The van der Waals surface area contributed by atoms with Crippen molar-refractivity contribution < 1.29 is 9.47 Å². The molecule has 1 aromatic rings. The van der Waals surface area contributed by atoms with Gasteiger partial charge in [-0.25, -0.2) is 0 Å². The maximum absolute atomic E-state index is 6.05. The van der Waals surface area contributed by atoms with E-state index in [0.29, 0.717) is 12.5 Å². The Kier molecular flexibility index (Phi) is 3.89. The molecule has 1 saturated carbocycles. The molecule has 2 rings (SSSR count).